The molecule has 0 spiro atoms. The summed E-state index contributed by atoms with van der Waals surface area (Å²) in [6.07, 6.45) is 6.15. The van der Waals surface area contributed by atoms with Gasteiger partial charge in [-0.1, -0.05) is 13.3 Å². The number of hydrogen-bond donors (Lipinski definition) is 1. The van der Waals surface area contributed by atoms with Gasteiger partial charge in [0.05, 0.1) is 18.8 Å². The molecule has 0 aromatic carbocycles. The first-order valence-electron chi connectivity index (χ1n) is 6.89. The molecule has 17 heavy (non-hydrogen) atoms. The van der Waals surface area contributed by atoms with E-state index in [0.717, 1.165) is 32.2 Å². The third-order valence-corrected chi connectivity index (χ3v) is 3.90. The molecule has 0 radical (unpaired) electrons. The number of fused-ring (bicyclic) bond motifs is 1. The Bertz CT molecular complexity index is 270. The Morgan fingerprint density at radius 3 is 3.12 bits per heavy atom. The number of ether oxygens (including phenoxy) is 1. The van der Waals surface area contributed by atoms with E-state index in [9.17, 15) is 4.79 Å². The Hall–Kier alpha value is -0.610. The second kappa shape index (κ2) is 5.83. The highest BCUT2D eigenvalue weighted by Gasteiger charge is 2.38. The molecule has 3 atom stereocenters. The largest absolute Gasteiger partial charge is 0.374 e. The van der Waals surface area contributed by atoms with Crippen molar-refractivity contribution < 1.29 is 9.53 Å². The number of hydrogen-bond acceptors (Lipinski definition) is 3. The van der Waals surface area contributed by atoms with Gasteiger partial charge in [-0.2, -0.15) is 0 Å². The van der Waals surface area contributed by atoms with Crippen LogP contribution in [0.15, 0.2) is 0 Å². The third-order valence-electron chi connectivity index (χ3n) is 3.90. The van der Waals surface area contributed by atoms with Crippen LogP contribution in [0.1, 0.15) is 45.4 Å². The van der Waals surface area contributed by atoms with Gasteiger partial charge in [-0.3, -0.25) is 4.79 Å². The van der Waals surface area contributed by atoms with Crippen LogP contribution in [0.5, 0.6) is 0 Å². The fourth-order valence-corrected chi connectivity index (χ4v) is 3.05. The fraction of sp³-hybridized carbons (Fsp3) is 0.923. The van der Waals surface area contributed by atoms with Gasteiger partial charge in [0.2, 0.25) is 5.91 Å². The van der Waals surface area contributed by atoms with Crippen molar-refractivity contribution in [1.82, 2.24) is 4.90 Å². The molecule has 0 aromatic rings. The van der Waals surface area contributed by atoms with Crippen molar-refractivity contribution in [2.24, 2.45) is 5.73 Å². The summed E-state index contributed by atoms with van der Waals surface area (Å²) in [7, 11) is 0. The zero-order valence-electron chi connectivity index (χ0n) is 10.7. The normalized spacial score (nSPS) is 30.1. The molecule has 2 N–H and O–H groups in total. The molecule has 98 valence electrons. The monoisotopic (exact) mass is 240 g/mol. The van der Waals surface area contributed by atoms with Crippen molar-refractivity contribution in [2.45, 2.75) is 63.6 Å². The van der Waals surface area contributed by atoms with E-state index in [-0.39, 0.29) is 18.1 Å². The van der Waals surface area contributed by atoms with Crippen LogP contribution in [0.25, 0.3) is 0 Å². The minimum absolute atomic E-state index is 0.0233. The first-order chi connectivity index (χ1) is 8.22. The van der Waals surface area contributed by atoms with Crippen molar-refractivity contribution in [3.63, 3.8) is 0 Å². The smallest absolute Gasteiger partial charge is 0.224 e. The summed E-state index contributed by atoms with van der Waals surface area (Å²) in [5.74, 6) is 0.228. The summed E-state index contributed by atoms with van der Waals surface area (Å²) in [5, 5.41) is 0. The predicted octanol–water partition coefficient (Wildman–Crippen LogP) is 1.28. The lowest BCUT2D eigenvalue weighted by Crippen LogP contribution is -2.52. The van der Waals surface area contributed by atoms with Crippen LogP contribution >= 0.6 is 0 Å². The van der Waals surface area contributed by atoms with Crippen LogP contribution in [0, 0.1) is 0 Å². The van der Waals surface area contributed by atoms with Crippen LogP contribution in [0.3, 0.4) is 0 Å². The highest BCUT2D eigenvalue weighted by Crippen LogP contribution is 2.30. The maximum Gasteiger partial charge on any atom is 0.224 e. The second-order valence-electron chi connectivity index (χ2n) is 5.25. The lowest BCUT2D eigenvalue weighted by atomic mass is 10.1. The molecule has 1 saturated carbocycles. The molecule has 4 nitrogen and oxygen atoms in total. The summed E-state index contributed by atoms with van der Waals surface area (Å²) in [5.41, 5.74) is 5.95. The summed E-state index contributed by atoms with van der Waals surface area (Å²) in [6, 6.07) is 0.347. The van der Waals surface area contributed by atoms with Gasteiger partial charge in [-0.05, 0) is 25.7 Å². The molecule has 1 aliphatic carbocycles. The molecule has 1 heterocycles. The number of carbonyl (C=O) groups excluding carboxylic acids is 1. The van der Waals surface area contributed by atoms with Crippen molar-refractivity contribution in [3.05, 3.63) is 0 Å². The first-order valence-corrected chi connectivity index (χ1v) is 6.89. The van der Waals surface area contributed by atoms with Gasteiger partial charge in [0.25, 0.3) is 0 Å². The number of rotatable bonds is 4. The van der Waals surface area contributed by atoms with Crippen molar-refractivity contribution in [2.75, 3.05) is 13.2 Å². The third kappa shape index (κ3) is 2.99. The maximum absolute atomic E-state index is 12.2. The van der Waals surface area contributed by atoms with E-state index in [0.29, 0.717) is 19.1 Å². The van der Waals surface area contributed by atoms with Crippen LogP contribution in [0.2, 0.25) is 0 Å². The molecule has 4 heteroatoms. The van der Waals surface area contributed by atoms with E-state index in [1.54, 1.807) is 0 Å². The summed E-state index contributed by atoms with van der Waals surface area (Å²) in [4.78, 5) is 14.2. The Labute approximate surface area is 103 Å². The fourth-order valence-electron chi connectivity index (χ4n) is 3.05. The van der Waals surface area contributed by atoms with Crippen LogP contribution < -0.4 is 5.73 Å². The average Bonchev–Trinajstić information content (AvgIpc) is 2.76. The van der Waals surface area contributed by atoms with E-state index in [1.165, 1.54) is 6.42 Å². The molecular formula is C13H24N2O2. The van der Waals surface area contributed by atoms with E-state index < -0.39 is 0 Å². The van der Waals surface area contributed by atoms with Crippen molar-refractivity contribution in [3.8, 4) is 0 Å². The summed E-state index contributed by atoms with van der Waals surface area (Å²) in [6.45, 7) is 3.54. The van der Waals surface area contributed by atoms with Crippen LogP contribution in [0.4, 0.5) is 0 Å². The topological polar surface area (TPSA) is 55.6 Å². The SMILES string of the molecule is CCCC(N)CC(=O)N1CCOC2CCCC21. The summed E-state index contributed by atoms with van der Waals surface area (Å²) < 4.78 is 5.71. The minimum Gasteiger partial charge on any atom is -0.374 e. The Morgan fingerprint density at radius 2 is 2.35 bits per heavy atom. The van der Waals surface area contributed by atoms with E-state index >= 15 is 0 Å². The zero-order chi connectivity index (χ0) is 12.3. The van der Waals surface area contributed by atoms with Crippen LogP contribution in [-0.4, -0.2) is 42.1 Å². The van der Waals surface area contributed by atoms with Crippen LogP contribution in [-0.2, 0) is 9.53 Å². The number of carbonyl (C=O) groups is 1. The average molecular weight is 240 g/mol. The molecule has 0 aromatic heterocycles. The first kappa shape index (κ1) is 12.8. The molecule has 2 aliphatic rings. The second-order valence-corrected chi connectivity index (χ2v) is 5.25. The number of nitrogens with zero attached hydrogens (tertiary/aromatic N) is 1. The van der Waals surface area contributed by atoms with Gasteiger partial charge in [-0.25, -0.2) is 0 Å². The van der Waals surface area contributed by atoms with E-state index in [2.05, 4.69) is 6.92 Å². The Balaban J connectivity index is 1.89. The zero-order valence-corrected chi connectivity index (χ0v) is 10.7. The Kier molecular flexibility index (Phi) is 4.40. The van der Waals surface area contributed by atoms with Gasteiger partial charge in [0.15, 0.2) is 0 Å². The predicted molar refractivity (Wildman–Crippen MR) is 66.6 cm³/mol. The molecule has 2 rings (SSSR count). The highest BCUT2D eigenvalue weighted by molar-refractivity contribution is 5.77. The molecule has 1 aliphatic heterocycles. The standard InChI is InChI=1S/C13H24N2O2/c1-2-4-10(14)9-13(16)15-7-8-17-12-6-3-5-11(12)15/h10-12H,2-9,14H2,1H3. The molecule has 3 unspecified atom stereocenters. The van der Waals surface area contributed by atoms with Gasteiger partial charge < -0.3 is 15.4 Å². The van der Waals surface area contributed by atoms with Crippen molar-refractivity contribution >= 4 is 5.91 Å². The van der Waals surface area contributed by atoms with Gasteiger partial charge in [-0.15, -0.1) is 0 Å². The molecule has 2 fully saturated rings. The minimum atomic E-state index is 0.0233. The van der Waals surface area contributed by atoms with E-state index in [1.807, 2.05) is 4.90 Å². The van der Waals surface area contributed by atoms with Crippen molar-refractivity contribution in [1.29, 1.82) is 0 Å². The lowest BCUT2D eigenvalue weighted by molar-refractivity contribution is -0.144. The quantitative estimate of drug-likeness (QED) is 0.805. The number of morpholine rings is 1. The number of nitrogens with two attached hydrogens (primary N) is 1. The van der Waals surface area contributed by atoms with Gasteiger partial charge in [0.1, 0.15) is 0 Å². The molecule has 1 saturated heterocycles. The molecule has 0 bridgehead atoms. The molecular weight excluding hydrogens is 216 g/mol. The molecule has 1 amide bonds. The van der Waals surface area contributed by atoms with E-state index in [4.69, 9.17) is 10.5 Å². The highest BCUT2D eigenvalue weighted by atomic mass is 16.5. The Morgan fingerprint density at radius 1 is 1.53 bits per heavy atom. The number of amides is 1. The van der Waals surface area contributed by atoms with Gasteiger partial charge >= 0.3 is 0 Å². The lowest BCUT2D eigenvalue weighted by Gasteiger charge is -2.38. The maximum atomic E-state index is 12.2. The summed E-state index contributed by atoms with van der Waals surface area (Å²) >= 11 is 0. The van der Waals surface area contributed by atoms with Gasteiger partial charge in [0, 0.05) is 19.0 Å².